The molecule has 2 nitrogen and oxygen atoms in total. The molecule has 0 aromatic rings. The molecular weight excluding hydrogens is 279 g/mol. The summed E-state index contributed by atoms with van der Waals surface area (Å²) in [7, 11) is 0. The predicted octanol–water partition coefficient (Wildman–Crippen LogP) is 3.97. The molecule has 0 aromatic carbocycles. The quantitative estimate of drug-likeness (QED) is 0.525. The van der Waals surface area contributed by atoms with Gasteiger partial charge in [0.1, 0.15) is 6.17 Å². The van der Waals surface area contributed by atoms with Crippen molar-refractivity contribution in [2.24, 2.45) is 28.6 Å². The maximum absolute atomic E-state index is 14.5. The zero-order valence-electron chi connectivity index (χ0n) is 13.8. The number of hydrogen-bond donors (Lipinski definition) is 2. The van der Waals surface area contributed by atoms with Crippen molar-refractivity contribution in [3.05, 3.63) is 11.6 Å². The fraction of sp³-hybridized carbons (Fsp3) is 0.895. The van der Waals surface area contributed by atoms with Gasteiger partial charge in [0.15, 0.2) is 5.79 Å². The number of rotatable bonds is 0. The molecule has 22 heavy (non-hydrogen) atoms. The molecule has 0 radical (unpaired) electrons. The first-order valence-electron chi connectivity index (χ1n) is 9.09. The van der Waals surface area contributed by atoms with E-state index in [4.69, 9.17) is 0 Å². The van der Waals surface area contributed by atoms with Crippen LogP contribution in [0, 0.1) is 28.6 Å². The molecular formula is C19H29FO2. The molecule has 2 N–H and O–H groups in total. The monoisotopic (exact) mass is 308 g/mol. The summed E-state index contributed by atoms with van der Waals surface area (Å²) in [6, 6.07) is 0. The van der Waals surface area contributed by atoms with Crippen LogP contribution in [-0.4, -0.2) is 22.2 Å². The Morgan fingerprint density at radius 3 is 2.64 bits per heavy atom. The van der Waals surface area contributed by atoms with Crippen LogP contribution in [-0.2, 0) is 0 Å². The Hall–Kier alpha value is -0.410. The van der Waals surface area contributed by atoms with Gasteiger partial charge in [-0.05, 0) is 62.7 Å². The predicted molar refractivity (Wildman–Crippen MR) is 83.8 cm³/mol. The SMILES string of the molecule is C[C@]12C(=CC[C@@H]3[C@H]1CC[C@]1(C)C(F)CC[C@@H]31)CCCC2(O)O. The van der Waals surface area contributed by atoms with Crippen molar-refractivity contribution in [1.29, 1.82) is 0 Å². The first kappa shape index (κ1) is 15.1. The maximum atomic E-state index is 14.5. The van der Waals surface area contributed by atoms with Crippen LogP contribution in [0.1, 0.15) is 65.2 Å². The molecule has 0 bridgehead atoms. The van der Waals surface area contributed by atoms with Crippen LogP contribution in [0.15, 0.2) is 11.6 Å². The average Bonchev–Trinajstić information content (AvgIpc) is 2.76. The molecule has 0 saturated heterocycles. The first-order chi connectivity index (χ1) is 10.3. The van der Waals surface area contributed by atoms with Crippen molar-refractivity contribution >= 4 is 0 Å². The third kappa shape index (κ3) is 1.67. The maximum Gasteiger partial charge on any atom is 0.172 e. The van der Waals surface area contributed by atoms with Crippen LogP contribution in [0.5, 0.6) is 0 Å². The molecule has 6 atom stereocenters. The van der Waals surface area contributed by atoms with Crippen LogP contribution in [0.3, 0.4) is 0 Å². The number of fused-ring (bicyclic) bond motifs is 5. The smallest absolute Gasteiger partial charge is 0.172 e. The van der Waals surface area contributed by atoms with E-state index in [1.165, 1.54) is 5.57 Å². The second-order valence-corrected chi connectivity index (χ2v) is 8.80. The van der Waals surface area contributed by atoms with E-state index in [1.54, 1.807) is 0 Å². The van der Waals surface area contributed by atoms with Gasteiger partial charge in [-0.15, -0.1) is 0 Å². The molecule has 4 aliphatic rings. The van der Waals surface area contributed by atoms with Gasteiger partial charge < -0.3 is 10.2 Å². The number of hydrogen-bond acceptors (Lipinski definition) is 2. The third-order valence-corrected chi connectivity index (χ3v) is 8.17. The normalized spacial score (nSPS) is 53.2. The van der Waals surface area contributed by atoms with Gasteiger partial charge in [-0.1, -0.05) is 25.5 Å². The fourth-order valence-corrected chi connectivity index (χ4v) is 6.70. The van der Waals surface area contributed by atoms with Crippen molar-refractivity contribution in [2.75, 3.05) is 0 Å². The van der Waals surface area contributed by atoms with E-state index in [0.29, 0.717) is 30.6 Å². The van der Waals surface area contributed by atoms with E-state index in [1.807, 2.05) is 0 Å². The van der Waals surface area contributed by atoms with E-state index in [-0.39, 0.29) is 5.41 Å². The number of alkyl halides is 1. The van der Waals surface area contributed by atoms with Gasteiger partial charge in [0.05, 0.1) is 0 Å². The lowest BCUT2D eigenvalue weighted by atomic mass is 9.46. The highest BCUT2D eigenvalue weighted by Crippen LogP contribution is 2.66. The summed E-state index contributed by atoms with van der Waals surface area (Å²) in [6.45, 7) is 4.21. The zero-order chi connectivity index (χ0) is 15.8. The Morgan fingerprint density at radius 1 is 1.09 bits per heavy atom. The Kier molecular flexibility index (Phi) is 3.14. The largest absolute Gasteiger partial charge is 0.365 e. The standard InChI is InChI=1S/C19H29FO2/c1-17-11-9-15-13(14(17)7-8-16(17)20)6-5-12-4-3-10-19(21,22)18(12,15)2/h5,13-16,21-22H,3-4,6-11H2,1-2H3/t13-,14-,15+,16?,17-,18-/m0/s1. The summed E-state index contributed by atoms with van der Waals surface area (Å²) < 4.78 is 14.5. The molecule has 3 heteroatoms. The minimum Gasteiger partial charge on any atom is -0.365 e. The molecule has 3 saturated carbocycles. The highest BCUT2D eigenvalue weighted by molar-refractivity contribution is 5.28. The van der Waals surface area contributed by atoms with E-state index in [9.17, 15) is 14.6 Å². The van der Waals surface area contributed by atoms with Crippen LogP contribution in [0.2, 0.25) is 0 Å². The zero-order valence-corrected chi connectivity index (χ0v) is 13.8. The van der Waals surface area contributed by atoms with Crippen LogP contribution < -0.4 is 0 Å². The number of aliphatic hydroxyl groups is 2. The van der Waals surface area contributed by atoms with Crippen molar-refractivity contribution < 1.29 is 14.6 Å². The minimum atomic E-state index is -1.60. The van der Waals surface area contributed by atoms with E-state index >= 15 is 0 Å². The van der Waals surface area contributed by atoms with Crippen molar-refractivity contribution in [1.82, 2.24) is 0 Å². The van der Waals surface area contributed by atoms with Crippen LogP contribution >= 0.6 is 0 Å². The molecule has 3 fully saturated rings. The second kappa shape index (κ2) is 4.57. The van der Waals surface area contributed by atoms with Crippen molar-refractivity contribution in [2.45, 2.75) is 77.2 Å². The molecule has 0 spiro atoms. The topological polar surface area (TPSA) is 40.5 Å². The Labute approximate surface area is 132 Å². The average molecular weight is 308 g/mol. The summed E-state index contributed by atoms with van der Waals surface area (Å²) in [5.41, 5.74) is 0.554. The van der Waals surface area contributed by atoms with Gasteiger partial charge in [0, 0.05) is 17.3 Å². The van der Waals surface area contributed by atoms with Gasteiger partial charge in [-0.25, -0.2) is 4.39 Å². The second-order valence-electron chi connectivity index (χ2n) is 8.80. The van der Waals surface area contributed by atoms with Crippen molar-refractivity contribution in [3.63, 3.8) is 0 Å². The highest BCUT2D eigenvalue weighted by Gasteiger charge is 2.63. The highest BCUT2D eigenvalue weighted by atomic mass is 19.1. The lowest BCUT2D eigenvalue weighted by Gasteiger charge is -2.60. The van der Waals surface area contributed by atoms with Gasteiger partial charge in [0.25, 0.3) is 0 Å². The van der Waals surface area contributed by atoms with Gasteiger partial charge in [-0.3, -0.25) is 0 Å². The van der Waals surface area contributed by atoms with E-state index < -0.39 is 17.4 Å². The Balaban J connectivity index is 1.75. The molecule has 4 rings (SSSR count). The summed E-state index contributed by atoms with van der Waals surface area (Å²) in [5, 5.41) is 21.5. The fourth-order valence-electron chi connectivity index (χ4n) is 6.70. The molecule has 0 aliphatic heterocycles. The van der Waals surface area contributed by atoms with Crippen molar-refractivity contribution in [3.8, 4) is 0 Å². The summed E-state index contributed by atoms with van der Waals surface area (Å²) in [4.78, 5) is 0. The van der Waals surface area contributed by atoms with Gasteiger partial charge >= 0.3 is 0 Å². The summed E-state index contributed by atoms with van der Waals surface area (Å²) in [5.74, 6) is -0.466. The van der Waals surface area contributed by atoms with Crippen LogP contribution in [0.25, 0.3) is 0 Å². The molecule has 0 amide bonds. The number of allylic oxidation sites excluding steroid dienone is 1. The molecule has 4 aliphatic carbocycles. The third-order valence-electron chi connectivity index (χ3n) is 8.17. The Bertz CT molecular complexity index is 514. The summed E-state index contributed by atoms with van der Waals surface area (Å²) in [6.07, 6.45) is 8.46. The Morgan fingerprint density at radius 2 is 1.86 bits per heavy atom. The lowest BCUT2D eigenvalue weighted by Crippen LogP contribution is -2.60. The van der Waals surface area contributed by atoms with Gasteiger partial charge in [-0.2, -0.15) is 0 Å². The molecule has 0 aromatic heterocycles. The van der Waals surface area contributed by atoms with Gasteiger partial charge in [0.2, 0.25) is 0 Å². The molecule has 124 valence electrons. The minimum absolute atomic E-state index is 0.175. The molecule has 1 unspecified atom stereocenters. The molecule has 0 heterocycles. The van der Waals surface area contributed by atoms with E-state index in [0.717, 1.165) is 38.5 Å². The lowest BCUT2D eigenvalue weighted by molar-refractivity contribution is -0.269. The first-order valence-corrected chi connectivity index (χ1v) is 9.09. The van der Waals surface area contributed by atoms with E-state index in [2.05, 4.69) is 19.9 Å². The van der Waals surface area contributed by atoms with Crippen LogP contribution in [0.4, 0.5) is 4.39 Å². The summed E-state index contributed by atoms with van der Waals surface area (Å²) >= 11 is 0. The number of halogens is 1.